The Morgan fingerprint density at radius 3 is 2.84 bits per heavy atom. The number of pyridine rings is 1. The molecule has 0 spiro atoms. The molecule has 1 rings (SSSR count). The number of nitrogens with one attached hydrogen (secondary N) is 1. The molecular weight excluding hydrogens is 240 g/mol. The molecule has 0 radical (unpaired) electrons. The highest BCUT2D eigenvalue weighted by Crippen LogP contribution is 2.22. The first-order chi connectivity index (χ1) is 9.04. The van der Waals surface area contributed by atoms with Gasteiger partial charge in [-0.05, 0) is 31.4 Å². The van der Waals surface area contributed by atoms with Crippen LogP contribution in [0.3, 0.4) is 0 Å². The fourth-order valence-electron chi connectivity index (χ4n) is 1.89. The van der Waals surface area contributed by atoms with Gasteiger partial charge < -0.3 is 16.0 Å². The minimum atomic E-state index is 0.0278. The second-order valence-corrected chi connectivity index (χ2v) is 5.06. The normalized spacial score (nSPS) is 12.0. The number of anilines is 2. The zero-order valence-corrected chi connectivity index (χ0v) is 12.0. The van der Waals surface area contributed by atoms with Gasteiger partial charge in [-0.15, -0.1) is 0 Å². The van der Waals surface area contributed by atoms with Gasteiger partial charge in [0.15, 0.2) is 0 Å². The summed E-state index contributed by atoms with van der Waals surface area (Å²) < 4.78 is 0. The van der Waals surface area contributed by atoms with Crippen LogP contribution in [0.1, 0.15) is 26.2 Å². The Kier molecular flexibility index (Phi) is 6.29. The summed E-state index contributed by atoms with van der Waals surface area (Å²) in [6.07, 6.45) is 5.73. The van der Waals surface area contributed by atoms with Crippen molar-refractivity contribution in [2.45, 2.75) is 26.2 Å². The third-order valence-electron chi connectivity index (χ3n) is 3.08. The van der Waals surface area contributed by atoms with Gasteiger partial charge in [0.25, 0.3) is 0 Å². The maximum Gasteiger partial charge on any atom is 0.224 e. The van der Waals surface area contributed by atoms with Crippen LogP contribution in [-0.2, 0) is 4.79 Å². The Morgan fingerprint density at radius 2 is 2.21 bits per heavy atom. The first kappa shape index (κ1) is 15.4. The van der Waals surface area contributed by atoms with Crippen molar-refractivity contribution in [2.24, 2.45) is 11.7 Å². The van der Waals surface area contributed by atoms with E-state index in [1.165, 1.54) is 0 Å². The molecule has 1 heterocycles. The Hall–Kier alpha value is -1.62. The topological polar surface area (TPSA) is 71.2 Å². The summed E-state index contributed by atoms with van der Waals surface area (Å²) in [7, 11) is 3.88. The molecule has 3 N–H and O–H groups in total. The lowest BCUT2D eigenvalue weighted by Gasteiger charge is -2.17. The van der Waals surface area contributed by atoms with E-state index in [9.17, 15) is 4.79 Å². The Labute approximate surface area is 115 Å². The van der Waals surface area contributed by atoms with Crippen molar-refractivity contribution in [3.63, 3.8) is 0 Å². The summed E-state index contributed by atoms with van der Waals surface area (Å²) in [5.41, 5.74) is 7.21. The van der Waals surface area contributed by atoms with Crippen LogP contribution in [-0.4, -0.2) is 31.5 Å². The van der Waals surface area contributed by atoms with Crippen LogP contribution in [0.4, 0.5) is 11.4 Å². The van der Waals surface area contributed by atoms with Crippen LogP contribution >= 0.6 is 0 Å². The quantitative estimate of drug-likeness (QED) is 0.788. The minimum Gasteiger partial charge on any atom is -0.376 e. The van der Waals surface area contributed by atoms with Gasteiger partial charge in [-0.25, -0.2) is 0 Å². The number of rotatable bonds is 7. The summed E-state index contributed by atoms with van der Waals surface area (Å²) >= 11 is 0. The van der Waals surface area contributed by atoms with Gasteiger partial charge in [0.05, 0.1) is 17.6 Å². The minimum absolute atomic E-state index is 0.0278. The molecule has 0 bridgehead atoms. The molecule has 0 aliphatic rings. The molecule has 5 heteroatoms. The number of carbonyl (C=O) groups is 1. The van der Waals surface area contributed by atoms with Crippen LogP contribution in [0.15, 0.2) is 18.5 Å². The van der Waals surface area contributed by atoms with Crippen LogP contribution < -0.4 is 16.0 Å². The van der Waals surface area contributed by atoms with Crippen molar-refractivity contribution >= 4 is 17.3 Å². The van der Waals surface area contributed by atoms with Crippen LogP contribution in [0, 0.1) is 5.92 Å². The summed E-state index contributed by atoms with van der Waals surface area (Å²) in [5, 5.41) is 2.91. The van der Waals surface area contributed by atoms with Crippen LogP contribution in [0.25, 0.3) is 0 Å². The molecule has 1 aromatic heterocycles. The largest absolute Gasteiger partial charge is 0.376 e. The van der Waals surface area contributed by atoms with Gasteiger partial charge in [-0.1, -0.05) is 6.92 Å². The standard InChI is InChI=1S/C14H24N4O/c1-11(6-8-15)4-5-14(19)17-12-10-16-9-7-13(12)18(2)3/h7,9-11H,4-6,8,15H2,1-3H3,(H,17,19). The van der Waals surface area contributed by atoms with Crippen LogP contribution in [0.5, 0.6) is 0 Å². The SMILES string of the molecule is CC(CCN)CCC(=O)Nc1cnccc1N(C)C. The number of carbonyl (C=O) groups excluding carboxylic acids is 1. The average molecular weight is 264 g/mol. The highest BCUT2D eigenvalue weighted by atomic mass is 16.1. The zero-order chi connectivity index (χ0) is 14.3. The molecule has 1 aromatic rings. The summed E-state index contributed by atoms with van der Waals surface area (Å²) in [4.78, 5) is 17.9. The Bertz CT molecular complexity index is 406. The molecule has 0 aliphatic carbocycles. The molecule has 106 valence electrons. The molecular formula is C14H24N4O. The van der Waals surface area contributed by atoms with Gasteiger partial charge in [0.2, 0.25) is 5.91 Å². The van der Waals surface area contributed by atoms with E-state index in [0.717, 1.165) is 24.2 Å². The van der Waals surface area contributed by atoms with Gasteiger partial charge in [0.1, 0.15) is 0 Å². The van der Waals surface area contributed by atoms with E-state index in [4.69, 9.17) is 5.73 Å². The number of aromatic nitrogens is 1. The third-order valence-corrected chi connectivity index (χ3v) is 3.08. The van der Waals surface area contributed by atoms with E-state index < -0.39 is 0 Å². The van der Waals surface area contributed by atoms with Crippen molar-refractivity contribution in [3.8, 4) is 0 Å². The predicted octanol–water partition coefficient (Wildman–Crippen LogP) is 1.85. The van der Waals surface area contributed by atoms with Crippen molar-refractivity contribution in [2.75, 3.05) is 30.9 Å². The molecule has 0 aliphatic heterocycles. The molecule has 1 amide bonds. The molecule has 0 saturated carbocycles. The predicted molar refractivity (Wildman–Crippen MR) is 79.3 cm³/mol. The zero-order valence-electron chi connectivity index (χ0n) is 12.0. The van der Waals surface area contributed by atoms with E-state index in [1.807, 2.05) is 25.1 Å². The molecule has 0 fully saturated rings. The van der Waals surface area contributed by atoms with Gasteiger partial charge in [0, 0.05) is 26.7 Å². The number of nitrogens with zero attached hydrogens (tertiary/aromatic N) is 2. The number of nitrogens with two attached hydrogens (primary N) is 1. The van der Waals surface area contributed by atoms with Crippen molar-refractivity contribution in [1.29, 1.82) is 0 Å². The molecule has 1 unspecified atom stereocenters. The summed E-state index contributed by atoms with van der Waals surface area (Å²) in [5.74, 6) is 0.512. The lowest BCUT2D eigenvalue weighted by molar-refractivity contribution is -0.116. The smallest absolute Gasteiger partial charge is 0.224 e. The average Bonchev–Trinajstić information content (AvgIpc) is 2.37. The maximum absolute atomic E-state index is 11.9. The van der Waals surface area contributed by atoms with Gasteiger partial charge in [-0.3, -0.25) is 9.78 Å². The van der Waals surface area contributed by atoms with Crippen LogP contribution in [0.2, 0.25) is 0 Å². The molecule has 19 heavy (non-hydrogen) atoms. The fraction of sp³-hybridized carbons (Fsp3) is 0.571. The summed E-state index contributed by atoms with van der Waals surface area (Å²) in [6, 6.07) is 1.88. The Balaban J connectivity index is 2.53. The number of hydrogen-bond acceptors (Lipinski definition) is 4. The Morgan fingerprint density at radius 1 is 1.47 bits per heavy atom. The first-order valence-electron chi connectivity index (χ1n) is 6.65. The monoisotopic (exact) mass is 264 g/mol. The second kappa shape index (κ2) is 7.74. The third kappa shape index (κ3) is 5.26. The van der Waals surface area contributed by atoms with Gasteiger partial charge >= 0.3 is 0 Å². The molecule has 0 aromatic carbocycles. The second-order valence-electron chi connectivity index (χ2n) is 5.06. The van der Waals surface area contributed by atoms with E-state index in [2.05, 4.69) is 17.2 Å². The number of hydrogen-bond donors (Lipinski definition) is 2. The molecule has 0 saturated heterocycles. The molecule has 5 nitrogen and oxygen atoms in total. The first-order valence-corrected chi connectivity index (χ1v) is 6.65. The van der Waals surface area contributed by atoms with E-state index >= 15 is 0 Å². The van der Waals surface area contributed by atoms with Crippen molar-refractivity contribution in [3.05, 3.63) is 18.5 Å². The van der Waals surface area contributed by atoms with E-state index in [0.29, 0.717) is 18.9 Å². The van der Waals surface area contributed by atoms with E-state index in [1.54, 1.807) is 12.4 Å². The van der Waals surface area contributed by atoms with Gasteiger partial charge in [-0.2, -0.15) is 0 Å². The van der Waals surface area contributed by atoms with Crippen molar-refractivity contribution < 1.29 is 4.79 Å². The lowest BCUT2D eigenvalue weighted by atomic mass is 10.0. The fourth-order valence-corrected chi connectivity index (χ4v) is 1.89. The molecule has 1 atom stereocenters. The maximum atomic E-state index is 11.9. The number of amides is 1. The lowest BCUT2D eigenvalue weighted by Crippen LogP contribution is -2.17. The van der Waals surface area contributed by atoms with E-state index in [-0.39, 0.29) is 5.91 Å². The van der Waals surface area contributed by atoms with Crippen molar-refractivity contribution in [1.82, 2.24) is 4.98 Å². The summed E-state index contributed by atoms with van der Waals surface area (Å²) in [6.45, 7) is 2.80. The highest BCUT2D eigenvalue weighted by Gasteiger charge is 2.10. The highest BCUT2D eigenvalue weighted by molar-refractivity contribution is 5.93.